The number of aliphatic hydroxyl groups is 1. The van der Waals surface area contributed by atoms with Crippen LogP contribution in [-0.4, -0.2) is 15.8 Å². The lowest BCUT2D eigenvalue weighted by Gasteiger charge is -2.19. The van der Waals surface area contributed by atoms with Crippen LogP contribution in [0.1, 0.15) is 30.9 Å². The van der Waals surface area contributed by atoms with Crippen LogP contribution in [0.25, 0.3) is 0 Å². The van der Waals surface area contributed by atoms with Crippen LogP contribution in [0.2, 0.25) is 0 Å². The van der Waals surface area contributed by atoms with Gasteiger partial charge in [0.05, 0.1) is 17.7 Å². The third-order valence-corrected chi connectivity index (χ3v) is 3.07. The van der Waals surface area contributed by atoms with Gasteiger partial charge >= 0.3 is 6.18 Å². The molecule has 1 N–H and O–H groups in total. The van der Waals surface area contributed by atoms with Crippen molar-refractivity contribution >= 4 is 0 Å². The van der Waals surface area contributed by atoms with Crippen molar-refractivity contribution in [3.8, 4) is 0 Å². The molecule has 17 heavy (non-hydrogen) atoms. The largest absolute Gasteiger partial charge is 0.417 e. The Bertz CT molecular complexity index is 467. The third kappa shape index (κ3) is 2.36. The van der Waals surface area contributed by atoms with Crippen molar-refractivity contribution in [1.29, 1.82) is 0 Å². The molecule has 1 aliphatic carbocycles. The van der Waals surface area contributed by atoms with Crippen LogP contribution in [0.5, 0.6) is 0 Å². The zero-order valence-electron chi connectivity index (χ0n) is 8.94. The Kier molecular flexibility index (Phi) is 2.99. The lowest BCUT2D eigenvalue weighted by molar-refractivity contribution is -0.138. The zero-order valence-corrected chi connectivity index (χ0v) is 8.94. The van der Waals surface area contributed by atoms with Crippen molar-refractivity contribution in [3.63, 3.8) is 0 Å². The van der Waals surface area contributed by atoms with Crippen molar-refractivity contribution in [1.82, 2.24) is 4.57 Å². The summed E-state index contributed by atoms with van der Waals surface area (Å²) in [6, 6.07) is 1.12. The average molecular weight is 247 g/mol. The van der Waals surface area contributed by atoms with Gasteiger partial charge in [-0.1, -0.05) is 0 Å². The fraction of sp³-hybridized carbons (Fsp3) is 0.545. The second kappa shape index (κ2) is 4.18. The SMILES string of the molecule is O=c1ccc(C(F)(F)F)cn1[C@H]1CCC[C@@H]1O. The van der Waals surface area contributed by atoms with Gasteiger partial charge in [-0.3, -0.25) is 4.79 Å². The van der Waals surface area contributed by atoms with Gasteiger partial charge in [0, 0.05) is 12.3 Å². The van der Waals surface area contributed by atoms with Gasteiger partial charge in [-0.15, -0.1) is 0 Å². The molecular weight excluding hydrogens is 235 g/mol. The molecule has 0 saturated heterocycles. The van der Waals surface area contributed by atoms with E-state index in [-0.39, 0.29) is 0 Å². The smallest absolute Gasteiger partial charge is 0.391 e. The summed E-state index contributed by atoms with van der Waals surface area (Å²) in [4.78, 5) is 11.5. The number of nitrogens with zero attached hydrogens (tertiary/aromatic N) is 1. The van der Waals surface area contributed by atoms with Gasteiger partial charge in [0.15, 0.2) is 0 Å². The van der Waals surface area contributed by atoms with E-state index in [1.165, 1.54) is 0 Å². The Morgan fingerprint density at radius 2 is 2.00 bits per heavy atom. The summed E-state index contributed by atoms with van der Waals surface area (Å²) in [7, 11) is 0. The predicted molar refractivity (Wildman–Crippen MR) is 54.6 cm³/mol. The normalized spacial score (nSPS) is 25.2. The predicted octanol–water partition coefficient (Wildman–Crippen LogP) is 1.95. The minimum Gasteiger partial charge on any atom is -0.391 e. The van der Waals surface area contributed by atoms with E-state index in [9.17, 15) is 23.1 Å². The maximum absolute atomic E-state index is 12.5. The summed E-state index contributed by atoms with van der Waals surface area (Å²) in [5, 5.41) is 9.62. The lowest BCUT2D eigenvalue weighted by atomic mass is 10.2. The van der Waals surface area contributed by atoms with E-state index in [2.05, 4.69) is 0 Å². The van der Waals surface area contributed by atoms with E-state index in [1.807, 2.05) is 0 Å². The minimum absolute atomic E-state index is 0.510. The molecule has 3 nitrogen and oxygen atoms in total. The summed E-state index contributed by atoms with van der Waals surface area (Å²) in [6.07, 6.45) is -2.65. The monoisotopic (exact) mass is 247 g/mol. The van der Waals surface area contributed by atoms with Crippen molar-refractivity contribution < 1.29 is 18.3 Å². The quantitative estimate of drug-likeness (QED) is 0.824. The summed E-state index contributed by atoms with van der Waals surface area (Å²) >= 11 is 0. The van der Waals surface area contributed by atoms with Crippen LogP contribution >= 0.6 is 0 Å². The Balaban J connectivity index is 2.43. The number of rotatable bonds is 1. The Hall–Kier alpha value is -1.30. The standard InChI is InChI=1S/C11H12F3NO2/c12-11(13,14)7-4-5-10(17)15(6-7)8-2-1-3-9(8)16/h4-6,8-9,16H,1-3H2/t8-,9-/m0/s1. The molecule has 2 rings (SSSR count). The molecule has 1 heterocycles. The fourth-order valence-corrected chi connectivity index (χ4v) is 2.18. The van der Waals surface area contributed by atoms with Crippen LogP contribution in [0.4, 0.5) is 13.2 Å². The van der Waals surface area contributed by atoms with E-state index >= 15 is 0 Å². The van der Waals surface area contributed by atoms with Gasteiger partial charge in [-0.25, -0.2) is 0 Å². The Labute approximate surface area is 95.5 Å². The lowest BCUT2D eigenvalue weighted by Crippen LogP contribution is -2.29. The maximum atomic E-state index is 12.5. The first kappa shape index (κ1) is 12.2. The molecule has 0 aromatic carbocycles. The van der Waals surface area contributed by atoms with Crippen molar-refractivity contribution in [2.75, 3.05) is 0 Å². The minimum atomic E-state index is -4.47. The summed E-state index contributed by atoms with van der Waals surface area (Å²) < 4.78 is 38.5. The Morgan fingerprint density at radius 1 is 1.29 bits per heavy atom. The van der Waals surface area contributed by atoms with E-state index in [0.29, 0.717) is 19.3 Å². The molecule has 0 aliphatic heterocycles. The Morgan fingerprint density at radius 3 is 2.53 bits per heavy atom. The molecule has 0 radical (unpaired) electrons. The molecular formula is C11H12F3NO2. The third-order valence-electron chi connectivity index (χ3n) is 3.07. The number of aromatic nitrogens is 1. The van der Waals surface area contributed by atoms with Gasteiger partial charge in [-0.2, -0.15) is 13.2 Å². The average Bonchev–Trinajstić information content (AvgIpc) is 2.63. The van der Waals surface area contributed by atoms with Crippen LogP contribution in [0, 0.1) is 0 Å². The molecule has 2 atom stereocenters. The molecule has 1 aromatic rings. The molecule has 1 saturated carbocycles. The second-order valence-corrected chi connectivity index (χ2v) is 4.23. The van der Waals surface area contributed by atoms with Gasteiger partial charge in [-0.05, 0) is 25.3 Å². The molecule has 0 unspecified atom stereocenters. The van der Waals surface area contributed by atoms with Crippen molar-refractivity contribution in [3.05, 3.63) is 34.2 Å². The number of pyridine rings is 1. The maximum Gasteiger partial charge on any atom is 0.417 e. The van der Waals surface area contributed by atoms with Gasteiger partial charge in [0.25, 0.3) is 5.56 Å². The highest BCUT2D eigenvalue weighted by molar-refractivity contribution is 5.14. The fourth-order valence-electron chi connectivity index (χ4n) is 2.18. The van der Waals surface area contributed by atoms with E-state index in [0.717, 1.165) is 22.9 Å². The highest BCUT2D eigenvalue weighted by Crippen LogP contribution is 2.32. The number of alkyl halides is 3. The molecule has 6 heteroatoms. The van der Waals surface area contributed by atoms with Crippen molar-refractivity contribution in [2.45, 2.75) is 37.6 Å². The number of halogens is 3. The molecule has 1 aliphatic rings. The number of hydrogen-bond acceptors (Lipinski definition) is 2. The highest BCUT2D eigenvalue weighted by Gasteiger charge is 2.33. The van der Waals surface area contributed by atoms with Crippen LogP contribution in [0.3, 0.4) is 0 Å². The number of aliphatic hydroxyl groups excluding tert-OH is 1. The van der Waals surface area contributed by atoms with Gasteiger partial charge in [0.1, 0.15) is 0 Å². The topological polar surface area (TPSA) is 42.2 Å². The first-order chi connectivity index (χ1) is 7.89. The van der Waals surface area contributed by atoms with Crippen LogP contribution in [0.15, 0.2) is 23.1 Å². The number of hydrogen-bond donors (Lipinski definition) is 1. The summed E-state index contributed by atoms with van der Waals surface area (Å²) in [5.41, 5.74) is -1.37. The van der Waals surface area contributed by atoms with Crippen LogP contribution < -0.4 is 5.56 Å². The van der Waals surface area contributed by atoms with E-state index < -0.39 is 29.4 Å². The second-order valence-electron chi connectivity index (χ2n) is 4.23. The van der Waals surface area contributed by atoms with E-state index in [4.69, 9.17) is 0 Å². The molecule has 94 valence electrons. The zero-order chi connectivity index (χ0) is 12.6. The van der Waals surface area contributed by atoms with Gasteiger partial charge < -0.3 is 9.67 Å². The molecule has 0 bridgehead atoms. The summed E-state index contributed by atoms with van der Waals surface area (Å²) in [6.45, 7) is 0. The first-order valence-electron chi connectivity index (χ1n) is 5.37. The van der Waals surface area contributed by atoms with E-state index in [1.54, 1.807) is 0 Å². The van der Waals surface area contributed by atoms with Gasteiger partial charge in [0.2, 0.25) is 0 Å². The highest BCUT2D eigenvalue weighted by atomic mass is 19.4. The summed E-state index contributed by atoms with van der Waals surface area (Å²) in [5.74, 6) is 0. The molecule has 1 fully saturated rings. The van der Waals surface area contributed by atoms with Crippen molar-refractivity contribution in [2.24, 2.45) is 0 Å². The first-order valence-corrected chi connectivity index (χ1v) is 5.37. The molecule has 0 amide bonds. The molecule has 0 spiro atoms. The van der Waals surface area contributed by atoms with Crippen LogP contribution in [-0.2, 0) is 6.18 Å². The molecule has 1 aromatic heterocycles.